The van der Waals surface area contributed by atoms with Gasteiger partial charge >= 0.3 is 0 Å². The maximum absolute atomic E-state index is 5.40. The van der Waals surface area contributed by atoms with Crippen LogP contribution >= 0.6 is 22.7 Å². The summed E-state index contributed by atoms with van der Waals surface area (Å²) in [6.45, 7) is 0. The molecule has 0 saturated carbocycles. The summed E-state index contributed by atoms with van der Waals surface area (Å²) in [7, 11) is 0. The highest BCUT2D eigenvalue weighted by Gasteiger charge is 2.27. The van der Waals surface area contributed by atoms with Crippen molar-refractivity contribution in [2.75, 3.05) is 0 Å². The van der Waals surface area contributed by atoms with Gasteiger partial charge in [0.1, 0.15) is 0 Å². The molecule has 0 aliphatic heterocycles. The van der Waals surface area contributed by atoms with Gasteiger partial charge in [0.2, 0.25) is 5.95 Å². The molecule has 0 radical (unpaired) electrons. The maximum atomic E-state index is 5.40. The molecule has 0 fully saturated rings. The van der Waals surface area contributed by atoms with Gasteiger partial charge in [0, 0.05) is 128 Å². The van der Waals surface area contributed by atoms with E-state index in [2.05, 4.69) is 407 Å². The summed E-state index contributed by atoms with van der Waals surface area (Å²) in [5, 5.41) is 14.5. The first-order valence-corrected chi connectivity index (χ1v) is 44.0. The van der Waals surface area contributed by atoms with Crippen molar-refractivity contribution in [3.8, 4) is 113 Å². The molecule has 26 rings (SSSR count). The van der Waals surface area contributed by atoms with Crippen molar-refractivity contribution in [3.05, 3.63) is 425 Å². The van der Waals surface area contributed by atoms with Crippen LogP contribution < -0.4 is 0 Å². The topological polar surface area (TPSA) is 97.1 Å². The molecule has 0 spiro atoms. The molecule has 0 N–H and O–H groups in total. The van der Waals surface area contributed by atoms with Crippen LogP contribution in [0, 0.1) is 0 Å². The van der Waals surface area contributed by atoms with E-state index in [0.29, 0.717) is 35.1 Å². The largest absolute Gasteiger partial charge is 0.307 e. The highest BCUT2D eigenvalue weighted by molar-refractivity contribution is 7.26. The number of thiophene rings is 2. The van der Waals surface area contributed by atoms with Crippen molar-refractivity contribution in [2.45, 2.75) is 0 Å². The van der Waals surface area contributed by atoms with E-state index in [1.54, 1.807) is 11.3 Å². The van der Waals surface area contributed by atoms with E-state index in [0.717, 1.165) is 99.7 Å². The number of benzene rings is 18. The lowest BCUT2D eigenvalue weighted by Gasteiger charge is -2.14. The minimum Gasteiger partial charge on any atom is -0.307 e. The third-order valence-electron chi connectivity index (χ3n) is 24.8. The third kappa shape index (κ3) is 12.1. The lowest BCUT2D eigenvalue weighted by atomic mass is 9.98. The van der Waals surface area contributed by atoms with E-state index in [1.165, 1.54) is 106 Å². The van der Waals surface area contributed by atoms with Gasteiger partial charge in [0.25, 0.3) is 0 Å². The summed E-state index contributed by atoms with van der Waals surface area (Å²) in [5.41, 5.74) is 24.0. The Kier molecular flexibility index (Phi) is 17.1. The number of para-hydroxylation sites is 5. The molecule has 8 aromatic heterocycles. The van der Waals surface area contributed by atoms with Gasteiger partial charge in [0.15, 0.2) is 29.1 Å². The van der Waals surface area contributed by atoms with Gasteiger partial charge in [-0.1, -0.05) is 340 Å². The molecule has 0 atom stereocenters. The first kappa shape index (κ1) is 72.4. The molecule has 0 amide bonds. The number of rotatable bonds is 12. The predicted molar refractivity (Wildman–Crippen MR) is 526 cm³/mol. The molecule has 588 valence electrons. The quantitative estimate of drug-likeness (QED) is 0.121. The van der Waals surface area contributed by atoms with Crippen LogP contribution in [-0.2, 0) is 0 Å². The van der Waals surface area contributed by atoms with Crippen molar-refractivity contribution < 1.29 is 0 Å². The molecule has 26 aromatic rings. The molecule has 0 bridgehead atoms. The fourth-order valence-corrected chi connectivity index (χ4v) is 21.3. The minimum absolute atomic E-state index is 0.570. The summed E-state index contributed by atoms with van der Waals surface area (Å²) in [4.78, 5) is 31.4. The summed E-state index contributed by atoms with van der Waals surface area (Å²) < 4.78 is 14.6. The number of aromatic nitrogens is 10. The molecule has 126 heavy (non-hydrogen) atoms. The normalized spacial score (nSPS) is 11.8. The van der Waals surface area contributed by atoms with Crippen molar-refractivity contribution in [3.63, 3.8) is 0 Å². The number of hydrogen-bond donors (Lipinski definition) is 0. The van der Waals surface area contributed by atoms with E-state index in [4.69, 9.17) is 29.9 Å². The Morgan fingerprint density at radius 3 is 1.00 bits per heavy atom. The molecule has 8 heterocycles. The van der Waals surface area contributed by atoms with Crippen molar-refractivity contribution >= 4 is 150 Å². The first-order chi connectivity index (χ1) is 62.5. The molecular formula is C114H70N10S2. The first-order valence-electron chi connectivity index (χ1n) is 42.4. The van der Waals surface area contributed by atoms with Gasteiger partial charge < -0.3 is 13.7 Å². The van der Waals surface area contributed by atoms with Gasteiger partial charge in [0.05, 0.1) is 44.1 Å². The Balaban J connectivity index is 0.000000137. The summed E-state index contributed by atoms with van der Waals surface area (Å²) in [5.74, 6) is 3.69. The fraction of sp³-hybridized carbons (Fsp3) is 0. The number of fused-ring (bicyclic) bond motifs is 20. The van der Waals surface area contributed by atoms with Crippen LogP contribution in [0.2, 0.25) is 0 Å². The third-order valence-corrected chi connectivity index (χ3v) is 27.1. The monoisotopic (exact) mass is 1640 g/mol. The molecule has 10 nitrogen and oxygen atoms in total. The van der Waals surface area contributed by atoms with Crippen molar-refractivity contribution in [2.24, 2.45) is 0 Å². The van der Waals surface area contributed by atoms with Crippen LogP contribution in [0.15, 0.2) is 425 Å². The summed E-state index contributed by atoms with van der Waals surface area (Å²) >= 11 is 3.64. The van der Waals surface area contributed by atoms with Crippen LogP contribution in [0.3, 0.4) is 0 Å². The van der Waals surface area contributed by atoms with E-state index in [1.807, 2.05) is 47.7 Å². The zero-order valence-corrected chi connectivity index (χ0v) is 69.3. The van der Waals surface area contributed by atoms with E-state index < -0.39 is 0 Å². The fourth-order valence-electron chi connectivity index (χ4n) is 19.0. The van der Waals surface area contributed by atoms with E-state index >= 15 is 0 Å². The van der Waals surface area contributed by atoms with Crippen LogP contribution in [0.4, 0.5) is 0 Å². The SMILES string of the molecule is c1ccc(-c2ccc(-c3ccc(-n4c5ccccc5c5ccc6c7ccccc7n(-c7nc(-c8ccccc8)nc(-c8ccc9c(c8)sc8ccccc89)n7)c6c54)cc3)cc2)cc1.c1ccc(-c2nc(-c3ccc(-c4cccc5sc6ccccc6c45)cc3)nc(-c3cccc(-n4c5ccccc5c5ccc6c7ccccc7n(-c7ccccc7)c6c54)c3)n2)cc1. The molecule has 12 heteroatoms. The zero-order chi connectivity index (χ0) is 82.9. The predicted octanol–water partition coefficient (Wildman–Crippen LogP) is 30.2. The van der Waals surface area contributed by atoms with Crippen molar-refractivity contribution in [1.82, 2.24) is 48.2 Å². The van der Waals surface area contributed by atoms with Crippen LogP contribution in [-0.4, -0.2) is 48.2 Å². The standard InChI is InChI=1S/2C57H35N5S/c1-3-15-37(16-4-1)55-58-56(38-31-29-36(30-32-38)42-24-14-28-51-52(42)47-23-9-12-27-50(47)63-51)60-57(59-55)39-17-13-20-41(35-39)62-49-26-11-8-22-44(49)46-34-33-45-43-21-7-10-25-48(43)61(53(45)54(46)62)40-18-5-2-6-19-40;1-3-13-36(14-4-1)37-23-25-38(26-24-37)39-27-30-42(31-28-39)61-49-20-10-7-17-43(49)47-33-34-48-44-18-8-11-21-50(44)62(54(48)53(47)61)57-59-55(40-15-5-2-6-16-40)58-56(60-57)41-29-32-46-45-19-9-12-22-51(45)63-52(46)35-41/h2*1-35H. The molecule has 18 aromatic carbocycles. The van der Waals surface area contributed by atoms with Crippen LogP contribution in [0.25, 0.3) is 241 Å². The molecule has 0 aliphatic rings. The average molecular weight is 1640 g/mol. The number of nitrogens with zero attached hydrogens (tertiary/aromatic N) is 10. The maximum Gasteiger partial charge on any atom is 0.238 e. The lowest BCUT2D eigenvalue weighted by molar-refractivity contribution is 0.953. The van der Waals surface area contributed by atoms with Gasteiger partial charge in [-0.15, -0.1) is 22.7 Å². The lowest BCUT2D eigenvalue weighted by Crippen LogP contribution is -2.07. The molecule has 0 unspecified atom stereocenters. The van der Waals surface area contributed by atoms with Crippen LogP contribution in [0.5, 0.6) is 0 Å². The molecular weight excluding hydrogens is 1570 g/mol. The second-order valence-electron chi connectivity index (χ2n) is 32.0. The van der Waals surface area contributed by atoms with E-state index in [-0.39, 0.29) is 0 Å². The average Bonchev–Trinajstić information content (AvgIpc) is 1.55. The van der Waals surface area contributed by atoms with Gasteiger partial charge in [-0.05, 0) is 118 Å². The number of hydrogen-bond acceptors (Lipinski definition) is 8. The van der Waals surface area contributed by atoms with E-state index in [9.17, 15) is 0 Å². The van der Waals surface area contributed by atoms with Gasteiger partial charge in [-0.25, -0.2) is 19.9 Å². The zero-order valence-electron chi connectivity index (χ0n) is 67.7. The Bertz CT molecular complexity index is 8810. The summed E-state index contributed by atoms with van der Waals surface area (Å²) in [6.07, 6.45) is 0. The highest BCUT2D eigenvalue weighted by Crippen LogP contribution is 2.47. The Morgan fingerprint density at radius 2 is 0.468 bits per heavy atom. The Hall–Kier alpha value is -16.4. The summed E-state index contributed by atoms with van der Waals surface area (Å²) in [6, 6.07) is 151. The minimum atomic E-state index is 0.570. The second-order valence-corrected chi connectivity index (χ2v) is 34.2. The molecule has 0 saturated heterocycles. The van der Waals surface area contributed by atoms with Gasteiger partial charge in [-0.3, -0.25) is 4.57 Å². The highest BCUT2D eigenvalue weighted by atomic mass is 32.1. The Morgan fingerprint density at radius 1 is 0.167 bits per heavy atom. The Labute approximate surface area is 731 Å². The van der Waals surface area contributed by atoms with Crippen molar-refractivity contribution in [1.29, 1.82) is 0 Å². The van der Waals surface area contributed by atoms with Crippen LogP contribution in [0.1, 0.15) is 0 Å². The van der Waals surface area contributed by atoms with Gasteiger partial charge in [-0.2, -0.15) is 9.97 Å². The molecule has 0 aliphatic carbocycles. The smallest absolute Gasteiger partial charge is 0.238 e. The second kappa shape index (κ2) is 29.8.